The standard InChI is InChI=1S/C13H21N2O3/c16-13(17)8-4-3-7-11-12(8)14-9-5-1-2-6-10(9)15(11)18/h8-12,14H,1-7H2,(H,16,17)/q-1. The van der Waals surface area contributed by atoms with Gasteiger partial charge < -0.3 is 20.7 Å². The molecule has 1 saturated heterocycles. The molecular weight excluding hydrogens is 232 g/mol. The van der Waals surface area contributed by atoms with E-state index in [9.17, 15) is 15.1 Å². The van der Waals surface area contributed by atoms with Gasteiger partial charge in [-0.1, -0.05) is 19.3 Å². The smallest absolute Gasteiger partial charge is 0.308 e. The summed E-state index contributed by atoms with van der Waals surface area (Å²) in [6.45, 7) is 0. The van der Waals surface area contributed by atoms with Gasteiger partial charge in [-0.2, -0.15) is 0 Å². The predicted molar refractivity (Wildman–Crippen MR) is 66.9 cm³/mol. The molecule has 0 spiro atoms. The lowest BCUT2D eigenvalue weighted by atomic mass is 9.75. The third kappa shape index (κ3) is 1.94. The number of carbonyl (C=O) groups is 1. The van der Waals surface area contributed by atoms with Crippen molar-refractivity contribution in [2.75, 3.05) is 0 Å². The van der Waals surface area contributed by atoms with Gasteiger partial charge in [-0.05, 0) is 25.7 Å². The van der Waals surface area contributed by atoms with Gasteiger partial charge in [-0.3, -0.25) is 4.79 Å². The molecule has 0 aromatic rings. The first-order valence-corrected chi connectivity index (χ1v) is 7.13. The number of aliphatic carboxylic acids is 1. The monoisotopic (exact) mass is 253 g/mol. The Kier molecular flexibility index (Phi) is 3.30. The normalized spacial score (nSPS) is 45.1. The van der Waals surface area contributed by atoms with Crippen molar-refractivity contribution in [3.8, 4) is 0 Å². The summed E-state index contributed by atoms with van der Waals surface area (Å²) in [5.41, 5.74) is 0. The zero-order valence-electron chi connectivity index (χ0n) is 10.5. The molecule has 1 heterocycles. The van der Waals surface area contributed by atoms with Crippen LogP contribution in [0, 0.1) is 11.1 Å². The molecule has 0 bridgehead atoms. The minimum absolute atomic E-state index is 0.0764. The van der Waals surface area contributed by atoms with Crippen LogP contribution in [0.4, 0.5) is 0 Å². The summed E-state index contributed by atoms with van der Waals surface area (Å²) in [6.07, 6.45) is 6.65. The molecule has 5 heteroatoms. The molecule has 3 rings (SSSR count). The van der Waals surface area contributed by atoms with Crippen molar-refractivity contribution in [2.45, 2.75) is 69.1 Å². The van der Waals surface area contributed by atoms with E-state index in [-0.39, 0.29) is 30.1 Å². The first kappa shape index (κ1) is 12.4. The molecule has 0 amide bonds. The van der Waals surface area contributed by atoms with Crippen LogP contribution in [-0.4, -0.2) is 40.3 Å². The van der Waals surface area contributed by atoms with Crippen molar-refractivity contribution >= 4 is 5.97 Å². The number of nitrogens with zero attached hydrogens (tertiary/aromatic N) is 1. The van der Waals surface area contributed by atoms with Gasteiger partial charge in [-0.25, -0.2) is 0 Å². The molecule has 5 unspecified atom stereocenters. The molecule has 5 nitrogen and oxygen atoms in total. The summed E-state index contributed by atoms with van der Waals surface area (Å²) in [7, 11) is 0. The number of carboxylic acid groups (broad SMARTS) is 1. The van der Waals surface area contributed by atoms with Crippen LogP contribution in [-0.2, 0) is 4.79 Å². The van der Waals surface area contributed by atoms with E-state index in [1.807, 2.05) is 0 Å². The van der Waals surface area contributed by atoms with Crippen LogP contribution >= 0.6 is 0 Å². The van der Waals surface area contributed by atoms with Crippen LogP contribution in [0.25, 0.3) is 0 Å². The zero-order chi connectivity index (χ0) is 12.7. The van der Waals surface area contributed by atoms with E-state index >= 15 is 0 Å². The molecule has 5 atom stereocenters. The van der Waals surface area contributed by atoms with Crippen LogP contribution < -0.4 is 5.32 Å². The van der Waals surface area contributed by atoms with Crippen LogP contribution in [0.2, 0.25) is 0 Å². The zero-order valence-corrected chi connectivity index (χ0v) is 10.5. The Morgan fingerprint density at radius 3 is 2.61 bits per heavy atom. The SMILES string of the molecule is O=C(O)C1CCCC2C1NC1CCCCC1N2[O-]. The lowest BCUT2D eigenvalue weighted by Gasteiger charge is -2.59. The van der Waals surface area contributed by atoms with E-state index in [0.29, 0.717) is 6.42 Å². The molecule has 1 aliphatic heterocycles. The lowest BCUT2D eigenvalue weighted by Crippen LogP contribution is -2.69. The maximum Gasteiger partial charge on any atom is 0.308 e. The van der Waals surface area contributed by atoms with Gasteiger partial charge in [0.25, 0.3) is 0 Å². The number of piperazine rings is 1. The second-order valence-electron chi connectivity index (χ2n) is 5.95. The molecule has 0 aromatic heterocycles. The highest BCUT2D eigenvalue weighted by Crippen LogP contribution is 2.37. The van der Waals surface area contributed by atoms with Crippen molar-refractivity contribution in [2.24, 2.45) is 5.92 Å². The van der Waals surface area contributed by atoms with Crippen LogP contribution in [0.3, 0.4) is 0 Å². The molecule has 18 heavy (non-hydrogen) atoms. The molecule has 2 N–H and O–H groups in total. The first-order valence-electron chi connectivity index (χ1n) is 7.13. The van der Waals surface area contributed by atoms with E-state index in [1.54, 1.807) is 0 Å². The highest BCUT2D eigenvalue weighted by atomic mass is 16.5. The molecule has 2 saturated carbocycles. The average molecular weight is 253 g/mol. The minimum atomic E-state index is -0.750. The third-order valence-electron chi connectivity index (χ3n) is 4.97. The Morgan fingerprint density at radius 2 is 1.83 bits per heavy atom. The Bertz CT molecular complexity index is 336. The summed E-state index contributed by atoms with van der Waals surface area (Å²) in [4.78, 5) is 11.3. The maximum atomic E-state index is 12.4. The van der Waals surface area contributed by atoms with Gasteiger partial charge in [0, 0.05) is 24.2 Å². The van der Waals surface area contributed by atoms with Crippen molar-refractivity contribution in [3.63, 3.8) is 0 Å². The lowest BCUT2D eigenvalue weighted by molar-refractivity contribution is -0.146. The molecular formula is C13H21N2O3-. The predicted octanol–water partition coefficient (Wildman–Crippen LogP) is 1.32. The molecule has 0 radical (unpaired) electrons. The Morgan fingerprint density at radius 1 is 1.11 bits per heavy atom. The van der Waals surface area contributed by atoms with Gasteiger partial charge in [0.2, 0.25) is 0 Å². The Labute approximate surface area is 107 Å². The van der Waals surface area contributed by atoms with Crippen LogP contribution in [0.5, 0.6) is 0 Å². The van der Waals surface area contributed by atoms with Crippen molar-refractivity contribution in [1.82, 2.24) is 10.4 Å². The van der Waals surface area contributed by atoms with Gasteiger partial charge >= 0.3 is 5.97 Å². The maximum absolute atomic E-state index is 12.4. The average Bonchev–Trinajstić information content (AvgIpc) is 2.38. The van der Waals surface area contributed by atoms with Crippen molar-refractivity contribution in [3.05, 3.63) is 5.21 Å². The summed E-state index contributed by atoms with van der Waals surface area (Å²) in [5, 5.41) is 26.5. The summed E-state index contributed by atoms with van der Waals surface area (Å²) >= 11 is 0. The molecule has 3 aliphatic rings. The van der Waals surface area contributed by atoms with Gasteiger partial charge in [0.05, 0.1) is 5.92 Å². The highest BCUT2D eigenvalue weighted by Gasteiger charge is 2.45. The van der Waals surface area contributed by atoms with E-state index in [4.69, 9.17) is 0 Å². The number of hydrogen-bond donors (Lipinski definition) is 2. The third-order valence-corrected chi connectivity index (χ3v) is 4.97. The number of nitrogens with one attached hydrogen (secondary N) is 1. The number of hydroxylamine groups is 2. The molecule has 0 aromatic carbocycles. The molecule has 3 fully saturated rings. The summed E-state index contributed by atoms with van der Waals surface area (Å²) in [5.74, 6) is -1.14. The van der Waals surface area contributed by atoms with Crippen LogP contribution in [0.1, 0.15) is 44.9 Å². The van der Waals surface area contributed by atoms with E-state index < -0.39 is 5.97 Å². The van der Waals surface area contributed by atoms with Gasteiger partial charge in [-0.15, -0.1) is 0 Å². The number of rotatable bonds is 1. The van der Waals surface area contributed by atoms with Gasteiger partial charge in [0.15, 0.2) is 0 Å². The van der Waals surface area contributed by atoms with E-state index in [1.165, 1.54) is 5.06 Å². The van der Waals surface area contributed by atoms with Gasteiger partial charge in [0.1, 0.15) is 0 Å². The Balaban J connectivity index is 1.81. The fourth-order valence-electron chi connectivity index (χ4n) is 4.07. The Hall–Kier alpha value is -0.650. The quantitative estimate of drug-likeness (QED) is 0.737. The van der Waals surface area contributed by atoms with E-state index in [2.05, 4.69) is 5.32 Å². The summed E-state index contributed by atoms with van der Waals surface area (Å²) < 4.78 is 0. The molecule has 2 aliphatic carbocycles. The largest absolute Gasteiger partial charge is 0.785 e. The highest BCUT2D eigenvalue weighted by molar-refractivity contribution is 5.71. The van der Waals surface area contributed by atoms with E-state index in [0.717, 1.165) is 38.5 Å². The number of fused-ring (bicyclic) bond motifs is 2. The fraction of sp³-hybridized carbons (Fsp3) is 0.923. The molecule has 102 valence electrons. The van der Waals surface area contributed by atoms with Crippen molar-refractivity contribution < 1.29 is 9.90 Å². The second-order valence-corrected chi connectivity index (χ2v) is 5.95. The van der Waals surface area contributed by atoms with Crippen LogP contribution in [0.15, 0.2) is 0 Å². The number of carboxylic acids is 1. The summed E-state index contributed by atoms with van der Waals surface area (Å²) in [6, 6.07) is 0.0114. The topological polar surface area (TPSA) is 75.6 Å². The number of hydrogen-bond acceptors (Lipinski definition) is 4. The fourth-order valence-corrected chi connectivity index (χ4v) is 4.07. The second kappa shape index (κ2) is 4.79. The van der Waals surface area contributed by atoms with Crippen molar-refractivity contribution in [1.29, 1.82) is 0 Å². The minimum Gasteiger partial charge on any atom is -0.785 e. The first-order chi connectivity index (χ1) is 8.68.